The number of aryl methyl sites for hydroxylation is 5. The first-order valence-electron chi connectivity index (χ1n) is 26.2. The fraction of sp³-hybridized carbons (Fsp3) is 0.0704. The monoisotopic (exact) mass is 960 g/mol. The quantitative estimate of drug-likeness (QED) is 0.151. The predicted molar refractivity (Wildman–Crippen MR) is 320 cm³/mol. The summed E-state index contributed by atoms with van der Waals surface area (Å²) < 4.78 is 5.27. The minimum absolute atomic E-state index is 1.14. The van der Waals surface area contributed by atoms with Crippen LogP contribution in [-0.2, 0) is 0 Å². The second-order valence-electron chi connectivity index (χ2n) is 20.8. The highest BCUT2D eigenvalue weighted by Gasteiger charge is 2.32. The molecule has 0 fully saturated rings. The molecule has 11 aromatic carbocycles. The van der Waals surface area contributed by atoms with Crippen molar-refractivity contribution in [2.75, 3.05) is 9.80 Å². The van der Waals surface area contributed by atoms with Crippen LogP contribution < -0.4 is 9.80 Å². The summed E-state index contributed by atoms with van der Waals surface area (Å²) in [6, 6.07) is 83.8. The lowest BCUT2D eigenvalue weighted by Crippen LogP contribution is -2.12. The predicted octanol–water partition coefficient (Wildman–Crippen LogP) is 19.8. The third kappa shape index (κ3) is 6.17. The number of anilines is 6. The van der Waals surface area contributed by atoms with E-state index in [2.05, 4.69) is 278 Å². The molecule has 4 aromatic heterocycles. The number of benzene rings is 11. The van der Waals surface area contributed by atoms with Crippen molar-refractivity contribution >= 4 is 110 Å². The van der Waals surface area contributed by atoms with Crippen molar-refractivity contribution in [3.63, 3.8) is 0 Å². The van der Waals surface area contributed by atoms with Crippen molar-refractivity contribution < 1.29 is 0 Å². The van der Waals surface area contributed by atoms with Gasteiger partial charge in [-0.25, -0.2) is 0 Å². The molecule has 15 aromatic rings. The summed E-state index contributed by atoms with van der Waals surface area (Å²) in [4.78, 5) is 4.98. The van der Waals surface area contributed by atoms with Gasteiger partial charge in [-0.1, -0.05) is 164 Å². The van der Waals surface area contributed by atoms with E-state index in [-0.39, 0.29) is 0 Å². The van der Waals surface area contributed by atoms with Crippen LogP contribution in [0.5, 0.6) is 0 Å². The molecule has 0 bridgehead atoms. The molecule has 0 N–H and O–H groups in total. The maximum atomic E-state index is 2.64. The number of fused-ring (bicyclic) bond motifs is 12. The van der Waals surface area contributed by atoms with Gasteiger partial charge in [-0.3, -0.25) is 0 Å². The third-order valence-electron chi connectivity index (χ3n) is 16.1. The molecule has 0 unspecified atom stereocenters. The average Bonchev–Trinajstić information content (AvgIpc) is 4.38. The summed E-state index contributed by atoms with van der Waals surface area (Å²) in [6.45, 7) is 11.1. The van der Waals surface area contributed by atoms with E-state index in [1.54, 1.807) is 0 Å². The van der Waals surface area contributed by atoms with Crippen molar-refractivity contribution in [1.29, 1.82) is 0 Å². The number of nitrogens with zero attached hydrogens (tertiary/aromatic N) is 4. The van der Waals surface area contributed by atoms with Crippen LogP contribution in [0.4, 0.5) is 34.1 Å². The Balaban J connectivity index is 1.14. The van der Waals surface area contributed by atoms with Crippen LogP contribution in [0.15, 0.2) is 224 Å². The molecular formula is C71H52N4. The molecule has 0 aliphatic heterocycles. The zero-order chi connectivity index (χ0) is 50.2. The van der Waals surface area contributed by atoms with Gasteiger partial charge in [0.1, 0.15) is 0 Å². The Bertz CT molecular complexity index is 4750. The second kappa shape index (κ2) is 16.3. The van der Waals surface area contributed by atoms with Crippen LogP contribution in [0.2, 0.25) is 0 Å². The van der Waals surface area contributed by atoms with Gasteiger partial charge in [-0.2, -0.15) is 0 Å². The first-order valence-corrected chi connectivity index (χ1v) is 26.2. The highest BCUT2D eigenvalue weighted by molar-refractivity contribution is 6.39. The highest BCUT2D eigenvalue weighted by Crippen LogP contribution is 2.56. The van der Waals surface area contributed by atoms with Crippen molar-refractivity contribution in [3.05, 3.63) is 252 Å². The number of hydrogen-bond acceptors (Lipinski definition) is 2. The molecule has 356 valence electrons. The van der Waals surface area contributed by atoms with Gasteiger partial charge < -0.3 is 18.6 Å². The van der Waals surface area contributed by atoms with Gasteiger partial charge in [0, 0.05) is 77.0 Å². The summed E-state index contributed by atoms with van der Waals surface area (Å²) in [7, 11) is 0. The lowest BCUT2D eigenvalue weighted by atomic mass is 9.89. The third-order valence-corrected chi connectivity index (χ3v) is 16.1. The molecule has 0 aliphatic carbocycles. The molecule has 4 nitrogen and oxygen atoms in total. The second-order valence-corrected chi connectivity index (χ2v) is 20.8. The van der Waals surface area contributed by atoms with Gasteiger partial charge in [-0.05, 0) is 134 Å². The Labute approximate surface area is 435 Å². The lowest BCUT2D eigenvalue weighted by Gasteiger charge is -2.28. The Morgan fingerprint density at radius 1 is 0.280 bits per heavy atom. The van der Waals surface area contributed by atoms with Gasteiger partial charge in [0.05, 0.1) is 44.5 Å². The molecule has 15 rings (SSSR count). The highest BCUT2D eigenvalue weighted by atomic mass is 15.2. The molecule has 0 spiro atoms. The van der Waals surface area contributed by atoms with Crippen molar-refractivity contribution in [3.8, 4) is 22.3 Å². The zero-order valence-electron chi connectivity index (χ0n) is 42.7. The number of para-hydroxylation sites is 4. The standard InChI is InChI=1S/C71H52N4/c1-43-21-16-28-50(40-43)72(56-33-14-12-22-46(56)4)58-35-19-37-60-64(58)52-29-17-31-54-66-63(49-26-10-7-11-27-49)71-67(62(48-24-8-6-9-25-48)70(66)74(60)68(52)54)55-32-18-30-53-65-59(36-20-38-61(65)75(71)69(53)55)73(57-34-15-13-23-47(57)5)51-41-44(2)39-45(3)42-51/h6-42H,1-5H3. The van der Waals surface area contributed by atoms with Crippen LogP contribution >= 0.6 is 0 Å². The molecule has 4 heteroatoms. The molecule has 0 radical (unpaired) electrons. The maximum absolute atomic E-state index is 2.64. The first kappa shape index (κ1) is 43.2. The van der Waals surface area contributed by atoms with Crippen molar-refractivity contribution in [1.82, 2.24) is 8.80 Å². The Kier molecular flexibility index (Phi) is 9.40. The summed E-state index contributed by atoms with van der Waals surface area (Å²) in [5, 5.41) is 9.95. The van der Waals surface area contributed by atoms with Crippen LogP contribution in [0.1, 0.15) is 27.8 Å². The van der Waals surface area contributed by atoms with Gasteiger partial charge in [0.15, 0.2) is 0 Å². The molecule has 0 amide bonds. The normalized spacial score (nSPS) is 12.1. The van der Waals surface area contributed by atoms with Gasteiger partial charge in [0.2, 0.25) is 0 Å². The van der Waals surface area contributed by atoms with Gasteiger partial charge >= 0.3 is 0 Å². The van der Waals surface area contributed by atoms with E-state index in [1.807, 2.05) is 0 Å². The van der Waals surface area contributed by atoms with Crippen LogP contribution in [0.25, 0.3) is 98.4 Å². The minimum Gasteiger partial charge on any atom is -0.310 e. The Hall–Kier alpha value is -9.38. The van der Waals surface area contributed by atoms with Crippen LogP contribution in [0, 0.1) is 34.6 Å². The molecule has 0 aliphatic rings. The van der Waals surface area contributed by atoms with Crippen molar-refractivity contribution in [2.24, 2.45) is 0 Å². The average molecular weight is 961 g/mol. The van der Waals surface area contributed by atoms with E-state index in [1.165, 1.54) is 138 Å². The molecule has 75 heavy (non-hydrogen) atoms. The van der Waals surface area contributed by atoms with E-state index in [0.29, 0.717) is 0 Å². The van der Waals surface area contributed by atoms with Gasteiger partial charge in [0.25, 0.3) is 0 Å². The largest absolute Gasteiger partial charge is 0.310 e. The smallest absolute Gasteiger partial charge is 0.0634 e. The number of rotatable bonds is 8. The van der Waals surface area contributed by atoms with Crippen molar-refractivity contribution in [2.45, 2.75) is 34.6 Å². The Morgan fingerprint density at radius 3 is 1.13 bits per heavy atom. The number of aromatic nitrogens is 2. The van der Waals surface area contributed by atoms with E-state index in [4.69, 9.17) is 0 Å². The summed E-state index contributed by atoms with van der Waals surface area (Å²) in [5.74, 6) is 0. The maximum Gasteiger partial charge on any atom is 0.0634 e. The molecule has 0 saturated carbocycles. The summed E-state index contributed by atoms with van der Waals surface area (Å²) in [5.41, 5.74) is 25.3. The zero-order valence-corrected chi connectivity index (χ0v) is 42.7. The number of hydrogen-bond donors (Lipinski definition) is 0. The summed E-state index contributed by atoms with van der Waals surface area (Å²) >= 11 is 0. The molecule has 0 atom stereocenters. The topological polar surface area (TPSA) is 15.3 Å². The summed E-state index contributed by atoms with van der Waals surface area (Å²) in [6.07, 6.45) is 0. The van der Waals surface area contributed by atoms with Crippen LogP contribution in [0.3, 0.4) is 0 Å². The van der Waals surface area contributed by atoms with E-state index >= 15 is 0 Å². The minimum atomic E-state index is 1.14. The van der Waals surface area contributed by atoms with Crippen LogP contribution in [-0.4, -0.2) is 8.80 Å². The fourth-order valence-electron chi connectivity index (χ4n) is 13.2. The Morgan fingerprint density at radius 2 is 0.667 bits per heavy atom. The molecule has 0 saturated heterocycles. The molecule has 4 heterocycles. The van der Waals surface area contributed by atoms with E-state index in [0.717, 1.165) is 22.7 Å². The van der Waals surface area contributed by atoms with E-state index in [9.17, 15) is 0 Å². The SMILES string of the molecule is Cc1cccc(N(c2ccccc2C)c2cccc3c2c2cccc4c5c(-c6ccccc6)c6c(c(-c7ccccc7)c5n3c24)c2cccc3c4c(N(c5cc(C)cc(C)c5)c5ccccc5C)cccc4n6c32)c1. The van der Waals surface area contributed by atoms with E-state index < -0.39 is 0 Å². The fourth-order valence-corrected chi connectivity index (χ4v) is 13.2. The lowest BCUT2D eigenvalue weighted by molar-refractivity contribution is 1.24. The first-order chi connectivity index (χ1) is 36.8. The van der Waals surface area contributed by atoms with Gasteiger partial charge in [-0.15, -0.1) is 0 Å². The molecular weight excluding hydrogens is 909 g/mol.